The molecule has 0 bridgehead atoms. The first-order valence-corrected chi connectivity index (χ1v) is 18.4. The topological polar surface area (TPSA) is 50.9 Å². The number of phenols is 1. The van der Waals surface area contributed by atoms with Gasteiger partial charge in [-0.15, -0.1) is 34.9 Å². The minimum Gasteiger partial charge on any atom is -0.507 e. The van der Waals surface area contributed by atoms with E-state index in [2.05, 4.69) is 156 Å². The summed E-state index contributed by atoms with van der Waals surface area (Å²) in [6, 6.07) is 37.0. The average Bonchev–Trinajstić information content (AvgIpc) is 3.60. The summed E-state index contributed by atoms with van der Waals surface area (Å²) in [7, 11) is 0. The molecule has 4 nitrogen and oxygen atoms in total. The van der Waals surface area contributed by atoms with Crippen molar-refractivity contribution in [3.63, 3.8) is 0 Å². The summed E-state index contributed by atoms with van der Waals surface area (Å²) in [5.74, 6) is 2.20. The molecule has 7 rings (SSSR count). The molecule has 2 aromatic heterocycles. The van der Waals surface area contributed by atoms with Crippen LogP contribution in [-0.4, -0.2) is 19.6 Å². The van der Waals surface area contributed by atoms with Gasteiger partial charge in [0.15, 0.2) is 0 Å². The standard InChI is InChI=1S/C27H28N2O.C21H22N.Ir/c1-18(2)23-16-21(20-10-6-5-7-11-20)17-24(19(3)4)26(23)29-15-14-28-27(29)22-12-8-9-13-25(22)30;1-13(2)19-12-17-6-7-22-21(20(17)11-16(19)5)18-9-14(3)8-15(4)10-18;/h5-19,30H,1-4H3;6-9,11-13H,1-5H3;/q;-1;. The van der Waals surface area contributed by atoms with E-state index in [1.807, 2.05) is 30.6 Å². The largest absolute Gasteiger partial charge is 0.507 e. The molecule has 0 amide bonds. The van der Waals surface area contributed by atoms with Crippen LogP contribution in [0.2, 0.25) is 0 Å². The van der Waals surface area contributed by atoms with Crippen LogP contribution in [0.4, 0.5) is 0 Å². The number of imidazole rings is 1. The van der Waals surface area contributed by atoms with Crippen molar-refractivity contribution in [2.45, 2.75) is 80.1 Å². The van der Waals surface area contributed by atoms with Crippen molar-refractivity contribution in [3.8, 4) is 45.2 Å². The molecule has 7 aromatic rings. The fourth-order valence-corrected chi connectivity index (χ4v) is 7.19. The summed E-state index contributed by atoms with van der Waals surface area (Å²) in [5, 5.41) is 12.9. The molecule has 0 aliphatic heterocycles. The first-order valence-electron chi connectivity index (χ1n) is 18.4. The summed E-state index contributed by atoms with van der Waals surface area (Å²) in [6.45, 7) is 19.8. The fraction of sp³-hybridized carbons (Fsp3) is 0.250. The summed E-state index contributed by atoms with van der Waals surface area (Å²) >= 11 is 0. The first kappa shape index (κ1) is 39.4. The Morgan fingerprint density at radius 3 is 1.91 bits per heavy atom. The molecule has 1 N–H and O–H groups in total. The zero-order valence-electron chi connectivity index (χ0n) is 32.3. The molecule has 0 saturated carbocycles. The minimum absolute atomic E-state index is 0. The normalized spacial score (nSPS) is 11.2. The number of aryl methyl sites for hydroxylation is 3. The molecule has 2 heterocycles. The van der Waals surface area contributed by atoms with Crippen LogP contribution in [0, 0.1) is 26.8 Å². The van der Waals surface area contributed by atoms with Crippen LogP contribution < -0.4 is 0 Å². The van der Waals surface area contributed by atoms with Gasteiger partial charge in [-0.25, -0.2) is 4.98 Å². The van der Waals surface area contributed by atoms with Gasteiger partial charge in [0.1, 0.15) is 11.6 Å². The summed E-state index contributed by atoms with van der Waals surface area (Å²) in [6.07, 6.45) is 5.71. The van der Waals surface area contributed by atoms with Gasteiger partial charge in [0.25, 0.3) is 0 Å². The van der Waals surface area contributed by atoms with Crippen LogP contribution >= 0.6 is 0 Å². The molecule has 0 saturated heterocycles. The fourth-order valence-electron chi connectivity index (χ4n) is 7.19. The van der Waals surface area contributed by atoms with E-state index in [9.17, 15) is 5.11 Å². The van der Waals surface area contributed by atoms with E-state index in [1.54, 1.807) is 12.3 Å². The number of hydrogen-bond acceptors (Lipinski definition) is 3. The zero-order chi connectivity index (χ0) is 37.1. The molecular formula is C48H50IrN3O-. The van der Waals surface area contributed by atoms with Gasteiger partial charge in [0.2, 0.25) is 0 Å². The van der Waals surface area contributed by atoms with Gasteiger partial charge < -0.3 is 10.1 Å². The maximum atomic E-state index is 10.5. The average molecular weight is 877 g/mol. The van der Waals surface area contributed by atoms with Gasteiger partial charge in [-0.3, -0.25) is 4.57 Å². The Bertz CT molecular complexity index is 2290. The maximum Gasteiger partial charge on any atom is 0.148 e. The third kappa shape index (κ3) is 8.54. The molecule has 0 aliphatic carbocycles. The van der Waals surface area contributed by atoms with Gasteiger partial charge in [-0.05, 0) is 105 Å². The smallest absolute Gasteiger partial charge is 0.148 e. The predicted molar refractivity (Wildman–Crippen MR) is 219 cm³/mol. The Morgan fingerprint density at radius 1 is 0.642 bits per heavy atom. The van der Waals surface area contributed by atoms with Crippen LogP contribution in [0.5, 0.6) is 5.75 Å². The van der Waals surface area contributed by atoms with Crippen molar-refractivity contribution >= 4 is 10.8 Å². The number of aromatic hydroxyl groups is 1. The summed E-state index contributed by atoms with van der Waals surface area (Å²) < 4.78 is 2.13. The van der Waals surface area contributed by atoms with Crippen LogP contribution in [0.15, 0.2) is 116 Å². The van der Waals surface area contributed by atoms with E-state index in [4.69, 9.17) is 0 Å². The number of benzene rings is 5. The molecular weight excluding hydrogens is 827 g/mol. The quantitative estimate of drug-likeness (QED) is 0.162. The molecule has 0 unspecified atom stereocenters. The first-order chi connectivity index (χ1) is 24.9. The second kappa shape index (κ2) is 16.9. The van der Waals surface area contributed by atoms with Crippen molar-refractivity contribution in [3.05, 3.63) is 155 Å². The van der Waals surface area contributed by atoms with E-state index in [0.717, 1.165) is 33.9 Å². The van der Waals surface area contributed by atoms with Crippen LogP contribution in [0.1, 0.15) is 92.7 Å². The molecule has 273 valence electrons. The molecule has 0 aliphatic rings. The van der Waals surface area contributed by atoms with Crippen molar-refractivity contribution in [1.82, 2.24) is 14.5 Å². The Hall–Kier alpha value is -4.83. The molecule has 0 atom stereocenters. The van der Waals surface area contributed by atoms with Crippen molar-refractivity contribution in [2.75, 3.05) is 0 Å². The zero-order valence-corrected chi connectivity index (χ0v) is 34.7. The molecule has 1 radical (unpaired) electrons. The van der Waals surface area contributed by atoms with Crippen LogP contribution in [0.3, 0.4) is 0 Å². The molecule has 5 heteroatoms. The van der Waals surface area contributed by atoms with Crippen molar-refractivity contribution in [1.29, 1.82) is 0 Å². The Morgan fingerprint density at radius 2 is 1.28 bits per heavy atom. The number of pyridine rings is 1. The summed E-state index contributed by atoms with van der Waals surface area (Å²) in [5.41, 5.74) is 14.2. The van der Waals surface area contributed by atoms with E-state index in [-0.39, 0.29) is 25.9 Å². The van der Waals surface area contributed by atoms with E-state index in [0.29, 0.717) is 17.8 Å². The molecule has 5 aromatic carbocycles. The molecule has 0 fully saturated rings. The number of aromatic nitrogens is 3. The number of hydrogen-bond donors (Lipinski definition) is 1. The molecule has 0 spiro atoms. The Kier molecular flexibility index (Phi) is 12.5. The SMILES string of the molecule is CC(C)c1cc(-c2ccccc2)cc(C(C)C)c1-n1ccnc1-c1ccccc1O.Cc1[c-]c(-c2nccc3cc(C(C)C)c(C)cc23)cc(C)c1.[Ir]. The third-order valence-corrected chi connectivity index (χ3v) is 9.72. The number of fused-ring (bicyclic) bond motifs is 1. The van der Waals surface area contributed by atoms with Gasteiger partial charge in [0.05, 0.1) is 11.3 Å². The Labute approximate surface area is 329 Å². The number of nitrogens with zero attached hydrogens (tertiary/aromatic N) is 3. The van der Waals surface area contributed by atoms with Gasteiger partial charge in [0, 0.05) is 38.7 Å². The van der Waals surface area contributed by atoms with E-state index in [1.165, 1.54) is 49.7 Å². The predicted octanol–water partition coefficient (Wildman–Crippen LogP) is 12.9. The monoisotopic (exact) mass is 877 g/mol. The van der Waals surface area contributed by atoms with Crippen LogP contribution in [-0.2, 0) is 20.1 Å². The van der Waals surface area contributed by atoms with Gasteiger partial charge >= 0.3 is 0 Å². The maximum absolute atomic E-state index is 10.5. The van der Waals surface area contributed by atoms with Gasteiger partial charge in [-0.2, -0.15) is 0 Å². The number of para-hydroxylation sites is 1. The van der Waals surface area contributed by atoms with E-state index < -0.39 is 0 Å². The number of rotatable bonds is 7. The Balaban J connectivity index is 0.000000210. The molecule has 53 heavy (non-hydrogen) atoms. The van der Waals surface area contributed by atoms with Crippen molar-refractivity contribution < 1.29 is 25.2 Å². The van der Waals surface area contributed by atoms with E-state index >= 15 is 0 Å². The second-order valence-corrected chi connectivity index (χ2v) is 14.8. The van der Waals surface area contributed by atoms with Gasteiger partial charge in [-0.1, -0.05) is 110 Å². The summed E-state index contributed by atoms with van der Waals surface area (Å²) in [4.78, 5) is 9.25. The van der Waals surface area contributed by atoms with Crippen molar-refractivity contribution in [2.24, 2.45) is 0 Å². The number of phenolic OH excluding ortho intramolecular Hbond substituents is 1. The minimum atomic E-state index is 0. The van der Waals surface area contributed by atoms with Crippen LogP contribution in [0.25, 0.3) is 50.2 Å². The third-order valence-electron chi connectivity index (χ3n) is 9.72. The second-order valence-electron chi connectivity index (χ2n) is 14.8.